The van der Waals surface area contributed by atoms with Gasteiger partial charge in [-0.2, -0.15) is 0 Å². The molecule has 1 aliphatic carbocycles. The number of ketones is 1. The summed E-state index contributed by atoms with van der Waals surface area (Å²) in [6.07, 6.45) is 2.80. The molecule has 2 aliphatic rings. The van der Waals surface area contributed by atoms with Gasteiger partial charge in [0.15, 0.2) is 5.78 Å². The van der Waals surface area contributed by atoms with Crippen molar-refractivity contribution in [2.45, 2.75) is 25.7 Å². The van der Waals surface area contributed by atoms with E-state index in [2.05, 4.69) is 14.8 Å². The van der Waals surface area contributed by atoms with Gasteiger partial charge in [-0.15, -0.1) is 0 Å². The van der Waals surface area contributed by atoms with Crippen LogP contribution in [0.4, 0.5) is 5.95 Å². The second-order valence-electron chi connectivity index (χ2n) is 7.03. The summed E-state index contributed by atoms with van der Waals surface area (Å²) in [4.78, 5) is 26.4. The largest absolute Gasteiger partial charge is 0.469 e. The lowest BCUT2D eigenvalue weighted by atomic mass is 9.84. The van der Waals surface area contributed by atoms with E-state index in [9.17, 15) is 4.79 Å². The number of Topliss-reactive ketones (excluding diaryl/α,β-unsaturated/α-hetero) is 1. The highest BCUT2D eigenvalue weighted by atomic mass is 16.3. The van der Waals surface area contributed by atoms with Gasteiger partial charge in [0.2, 0.25) is 5.95 Å². The maximum atomic E-state index is 12.6. The Morgan fingerprint density at radius 3 is 2.73 bits per heavy atom. The zero-order valence-electron chi connectivity index (χ0n) is 15.0. The van der Waals surface area contributed by atoms with Gasteiger partial charge >= 0.3 is 0 Å². The fourth-order valence-electron chi connectivity index (χ4n) is 3.94. The molecule has 1 aliphatic heterocycles. The van der Waals surface area contributed by atoms with Gasteiger partial charge in [0, 0.05) is 51.5 Å². The van der Waals surface area contributed by atoms with Crippen LogP contribution in [0.2, 0.25) is 0 Å². The molecule has 0 radical (unpaired) electrons. The summed E-state index contributed by atoms with van der Waals surface area (Å²) >= 11 is 0. The van der Waals surface area contributed by atoms with E-state index >= 15 is 0 Å². The first-order chi connectivity index (χ1) is 12.7. The average Bonchev–Trinajstić information content (AvgIpc) is 3.16. The fourth-order valence-corrected chi connectivity index (χ4v) is 3.94. The number of nitrogens with zero attached hydrogens (tertiary/aromatic N) is 4. The highest BCUT2D eigenvalue weighted by molar-refractivity contribution is 5.99. The van der Waals surface area contributed by atoms with Gasteiger partial charge in [0.1, 0.15) is 5.76 Å². The number of aliphatic hydroxyl groups is 1. The van der Waals surface area contributed by atoms with Gasteiger partial charge in [-0.3, -0.25) is 9.69 Å². The molecule has 4 rings (SSSR count). The number of carbonyl (C=O) groups is 1. The van der Waals surface area contributed by atoms with Crippen LogP contribution in [0.25, 0.3) is 0 Å². The van der Waals surface area contributed by atoms with Crippen molar-refractivity contribution in [3.63, 3.8) is 0 Å². The number of aliphatic hydroxyl groups excluding tert-OH is 1. The van der Waals surface area contributed by atoms with Gasteiger partial charge in [0.05, 0.1) is 29.8 Å². The van der Waals surface area contributed by atoms with Crippen LogP contribution in [0.5, 0.6) is 0 Å². The second-order valence-corrected chi connectivity index (χ2v) is 7.03. The van der Waals surface area contributed by atoms with E-state index in [1.807, 2.05) is 19.1 Å². The molecule has 0 saturated carbocycles. The minimum Gasteiger partial charge on any atom is -0.469 e. The van der Waals surface area contributed by atoms with Crippen LogP contribution in [-0.4, -0.2) is 65.1 Å². The van der Waals surface area contributed by atoms with Crippen molar-refractivity contribution in [3.05, 3.63) is 41.1 Å². The van der Waals surface area contributed by atoms with E-state index in [-0.39, 0.29) is 18.3 Å². The predicted molar refractivity (Wildman–Crippen MR) is 96.6 cm³/mol. The number of rotatable bonds is 4. The van der Waals surface area contributed by atoms with Crippen LogP contribution in [0.15, 0.2) is 22.8 Å². The smallest absolute Gasteiger partial charge is 0.225 e. The summed E-state index contributed by atoms with van der Waals surface area (Å²) in [5.41, 5.74) is 2.30. The number of fused-ring (bicyclic) bond motifs is 1. The molecule has 7 nitrogen and oxygen atoms in total. The van der Waals surface area contributed by atoms with Crippen LogP contribution in [-0.2, 0) is 6.42 Å². The molecule has 0 amide bonds. The summed E-state index contributed by atoms with van der Waals surface area (Å²) in [6, 6.07) is 3.79. The lowest BCUT2D eigenvalue weighted by Crippen LogP contribution is -2.48. The molecule has 1 saturated heterocycles. The zero-order chi connectivity index (χ0) is 18.1. The van der Waals surface area contributed by atoms with Gasteiger partial charge in [-0.05, 0) is 19.1 Å². The molecule has 2 aromatic rings. The number of aromatic nitrogens is 2. The molecular formula is C19H24N4O3. The number of anilines is 1. The molecule has 26 heavy (non-hydrogen) atoms. The maximum Gasteiger partial charge on any atom is 0.225 e. The molecule has 1 unspecified atom stereocenters. The van der Waals surface area contributed by atoms with E-state index < -0.39 is 0 Å². The molecule has 1 N–H and O–H groups in total. The van der Waals surface area contributed by atoms with Crippen molar-refractivity contribution in [2.24, 2.45) is 0 Å². The molecule has 1 fully saturated rings. The van der Waals surface area contributed by atoms with Gasteiger partial charge in [0.25, 0.3) is 0 Å². The molecule has 0 spiro atoms. The third-order valence-corrected chi connectivity index (χ3v) is 5.32. The Morgan fingerprint density at radius 1 is 1.23 bits per heavy atom. The standard InChI is InChI=1S/C19H24N4O3/c1-13-18-15(11-14(12-16(18)25)17-3-2-10-26-17)21-19(20-13)23-6-4-22(5-7-23)8-9-24/h2-3,10,14,24H,4-9,11-12H2,1H3. The highest BCUT2D eigenvalue weighted by Crippen LogP contribution is 2.34. The molecule has 138 valence electrons. The van der Waals surface area contributed by atoms with E-state index in [1.54, 1.807) is 6.26 Å². The maximum absolute atomic E-state index is 12.6. The molecule has 0 aromatic carbocycles. The Labute approximate surface area is 152 Å². The van der Waals surface area contributed by atoms with Crippen molar-refractivity contribution in [1.29, 1.82) is 0 Å². The lowest BCUT2D eigenvalue weighted by Gasteiger charge is -2.35. The number of hydrogen-bond acceptors (Lipinski definition) is 7. The second kappa shape index (κ2) is 7.17. The van der Waals surface area contributed by atoms with Crippen molar-refractivity contribution in [3.8, 4) is 0 Å². The van der Waals surface area contributed by atoms with Crippen molar-refractivity contribution < 1.29 is 14.3 Å². The van der Waals surface area contributed by atoms with Gasteiger partial charge in [-0.25, -0.2) is 9.97 Å². The Morgan fingerprint density at radius 2 is 2.04 bits per heavy atom. The normalized spacial score (nSPS) is 21.1. The molecule has 3 heterocycles. The summed E-state index contributed by atoms with van der Waals surface area (Å²) < 4.78 is 5.52. The van der Waals surface area contributed by atoms with E-state index in [0.717, 1.165) is 43.3 Å². The molecular weight excluding hydrogens is 332 g/mol. The topological polar surface area (TPSA) is 82.7 Å². The Balaban J connectivity index is 1.57. The fraction of sp³-hybridized carbons (Fsp3) is 0.526. The minimum atomic E-state index is 0.0496. The number of β-amino-alcohol motifs (C(OH)–C–C–N with tert-alkyl or cyclic N) is 1. The third-order valence-electron chi connectivity index (χ3n) is 5.32. The molecule has 1 atom stereocenters. The van der Waals surface area contributed by atoms with Crippen LogP contribution in [0, 0.1) is 6.92 Å². The lowest BCUT2D eigenvalue weighted by molar-refractivity contribution is 0.0957. The Kier molecular flexibility index (Phi) is 4.74. The van der Waals surface area contributed by atoms with Crippen molar-refractivity contribution >= 4 is 11.7 Å². The number of aryl methyl sites for hydroxylation is 1. The highest BCUT2D eigenvalue weighted by Gasteiger charge is 2.32. The number of piperazine rings is 1. The number of carbonyl (C=O) groups excluding carboxylic acids is 1. The SMILES string of the molecule is Cc1nc(N2CCN(CCO)CC2)nc2c1C(=O)CC(c1ccco1)C2. The zero-order valence-corrected chi connectivity index (χ0v) is 15.0. The van der Waals surface area contributed by atoms with Crippen LogP contribution in [0.3, 0.4) is 0 Å². The van der Waals surface area contributed by atoms with E-state index in [4.69, 9.17) is 14.5 Å². The monoisotopic (exact) mass is 356 g/mol. The first kappa shape index (κ1) is 17.2. The Bertz CT molecular complexity index is 782. The molecule has 7 heteroatoms. The van der Waals surface area contributed by atoms with Crippen LogP contribution >= 0.6 is 0 Å². The summed E-state index contributed by atoms with van der Waals surface area (Å²) in [6.45, 7) is 6.21. The molecule has 0 bridgehead atoms. The average molecular weight is 356 g/mol. The Hall–Kier alpha value is -2.25. The summed E-state index contributed by atoms with van der Waals surface area (Å²) in [7, 11) is 0. The van der Waals surface area contributed by atoms with Crippen LogP contribution < -0.4 is 4.90 Å². The first-order valence-corrected chi connectivity index (χ1v) is 9.18. The quantitative estimate of drug-likeness (QED) is 0.887. The predicted octanol–water partition coefficient (Wildman–Crippen LogP) is 1.41. The van der Waals surface area contributed by atoms with Gasteiger partial charge < -0.3 is 14.4 Å². The van der Waals surface area contributed by atoms with Crippen molar-refractivity contribution in [2.75, 3.05) is 44.2 Å². The third kappa shape index (κ3) is 3.24. The van der Waals surface area contributed by atoms with Crippen LogP contribution in [0.1, 0.15) is 39.8 Å². The van der Waals surface area contributed by atoms with Gasteiger partial charge in [-0.1, -0.05) is 0 Å². The summed E-state index contributed by atoms with van der Waals surface area (Å²) in [5, 5.41) is 9.08. The van der Waals surface area contributed by atoms with Crippen molar-refractivity contribution in [1.82, 2.24) is 14.9 Å². The van der Waals surface area contributed by atoms with E-state index in [1.165, 1.54) is 0 Å². The summed E-state index contributed by atoms with van der Waals surface area (Å²) in [5.74, 6) is 1.70. The number of furan rings is 1. The molecule has 2 aromatic heterocycles. The minimum absolute atomic E-state index is 0.0496. The van der Waals surface area contributed by atoms with E-state index in [0.29, 0.717) is 30.9 Å². The number of hydrogen-bond donors (Lipinski definition) is 1. The first-order valence-electron chi connectivity index (χ1n) is 9.18.